The molecule has 0 spiro atoms. The summed E-state index contributed by atoms with van der Waals surface area (Å²) < 4.78 is 32.4. The first-order valence-electron chi connectivity index (χ1n) is 8.71. The second kappa shape index (κ2) is 9.95. The Hall–Kier alpha value is -2.78. The van der Waals surface area contributed by atoms with Crippen LogP contribution in [0.1, 0.15) is 46.6 Å². The Morgan fingerprint density at radius 1 is 1.25 bits per heavy atom. The maximum atomic E-state index is 12.5. The van der Waals surface area contributed by atoms with Crippen LogP contribution in [0.15, 0.2) is 42.6 Å². The number of aldehydes is 1. The van der Waals surface area contributed by atoms with Crippen molar-refractivity contribution < 1.29 is 27.9 Å². The fourth-order valence-corrected chi connectivity index (χ4v) is 3.49. The number of ether oxygens (including phenoxy) is 1. The lowest BCUT2D eigenvalue weighted by Gasteiger charge is -2.14. The van der Waals surface area contributed by atoms with Gasteiger partial charge < -0.3 is 14.6 Å². The molecule has 8 nitrogen and oxygen atoms in total. The summed E-state index contributed by atoms with van der Waals surface area (Å²) in [6, 6.07) is 8.84. The van der Waals surface area contributed by atoms with E-state index in [4.69, 9.17) is 9.84 Å². The third kappa shape index (κ3) is 5.61. The number of carbonyl (C=O) groups excluding carboxylic acids is 2. The number of sulfonamides is 1. The SMILES string of the molecule is CCCCOc1ccc(C(C=O)S(=O)(=O)NC(=O)c2ccc(CO)nc2)cc1. The molecule has 1 aromatic heterocycles. The Morgan fingerprint density at radius 3 is 2.50 bits per heavy atom. The summed E-state index contributed by atoms with van der Waals surface area (Å²) in [6.07, 6.45) is 3.29. The van der Waals surface area contributed by atoms with Crippen molar-refractivity contribution in [3.63, 3.8) is 0 Å². The van der Waals surface area contributed by atoms with Crippen LogP contribution in [-0.2, 0) is 21.4 Å². The molecule has 1 heterocycles. The lowest BCUT2D eigenvalue weighted by Crippen LogP contribution is -2.35. The van der Waals surface area contributed by atoms with Crippen LogP contribution in [0, 0.1) is 0 Å². The summed E-state index contributed by atoms with van der Waals surface area (Å²) in [7, 11) is -4.31. The standard InChI is InChI=1S/C19H22N2O6S/c1-2-3-10-27-17-8-5-14(6-9-17)18(13-23)28(25,26)21-19(24)15-4-7-16(12-22)20-11-15/h4-9,11,13,18,22H,2-3,10,12H2,1H3,(H,21,24). The highest BCUT2D eigenvalue weighted by molar-refractivity contribution is 7.91. The summed E-state index contributed by atoms with van der Waals surface area (Å²) in [5.74, 6) is -0.346. The molecular weight excluding hydrogens is 384 g/mol. The van der Waals surface area contributed by atoms with Gasteiger partial charge in [0.05, 0.1) is 24.5 Å². The van der Waals surface area contributed by atoms with Crippen molar-refractivity contribution in [1.29, 1.82) is 0 Å². The summed E-state index contributed by atoms with van der Waals surface area (Å²) in [4.78, 5) is 27.5. The minimum Gasteiger partial charge on any atom is -0.494 e. The van der Waals surface area contributed by atoms with Gasteiger partial charge in [-0.3, -0.25) is 9.78 Å². The van der Waals surface area contributed by atoms with E-state index in [1.807, 2.05) is 11.6 Å². The zero-order valence-corrected chi connectivity index (χ0v) is 16.2. The van der Waals surface area contributed by atoms with Crippen LogP contribution in [0.5, 0.6) is 5.75 Å². The summed E-state index contributed by atoms with van der Waals surface area (Å²) >= 11 is 0. The molecule has 1 aromatic carbocycles. The normalized spacial score (nSPS) is 12.2. The molecule has 0 radical (unpaired) electrons. The van der Waals surface area contributed by atoms with Crippen molar-refractivity contribution in [1.82, 2.24) is 9.71 Å². The number of aliphatic hydroxyl groups excluding tert-OH is 1. The van der Waals surface area contributed by atoms with E-state index in [2.05, 4.69) is 4.98 Å². The molecular formula is C19H22N2O6S. The van der Waals surface area contributed by atoms with Crippen LogP contribution >= 0.6 is 0 Å². The van der Waals surface area contributed by atoms with Crippen LogP contribution in [0.25, 0.3) is 0 Å². The second-order valence-corrected chi connectivity index (χ2v) is 7.80. The van der Waals surface area contributed by atoms with Gasteiger partial charge >= 0.3 is 0 Å². The van der Waals surface area contributed by atoms with Gasteiger partial charge in [0.25, 0.3) is 5.91 Å². The molecule has 1 atom stereocenters. The van der Waals surface area contributed by atoms with E-state index in [0.29, 0.717) is 18.1 Å². The number of unbranched alkanes of at least 4 members (excludes halogenated alkanes) is 1. The Bertz CT molecular complexity index is 895. The smallest absolute Gasteiger partial charge is 0.266 e. The van der Waals surface area contributed by atoms with Gasteiger partial charge in [0.2, 0.25) is 10.0 Å². The average Bonchev–Trinajstić information content (AvgIpc) is 2.69. The van der Waals surface area contributed by atoms with E-state index in [9.17, 15) is 18.0 Å². The molecule has 0 bridgehead atoms. The Kier molecular flexibility index (Phi) is 7.65. The predicted molar refractivity (Wildman–Crippen MR) is 102 cm³/mol. The van der Waals surface area contributed by atoms with Crippen molar-refractivity contribution in [3.05, 3.63) is 59.4 Å². The molecule has 28 heavy (non-hydrogen) atoms. The molecule has 2 aromatic rings. The summed E-state index contributed by atoms with van der Waals surface area (Å²) in [5, 5.41) is 7.41. The number of hydrogen-bond acceptors (Lipinski definition) is 7. The molecule has 1 unspecified atom stereocenters. The van der Waals surface area contributed by atoms with E-state index in [0.717, 1.165) is 19.0 Å². The molecule has 1 amide bonds. The van der Waals surface area contributed by atoms with Crippen molar-refractivity contribution in [2.45, 2.75) is 31.6 Å². The van der Waals surface area contributed by atoms with Crippen molar-refractivity contribution in [2.24, 2.45) is 0 Å². The molecule has 0 fully saturated rings. The van der Waals surface area contributed by atoms with E-state index >= 15 is 0 Å². The van der Waals surface area contributed by atoms with Crippen LogP contribution in [0.3, 0.4) is 0 Å². The lowest BCUT2D eigenvalue weighted by molar-refractivity contribution is -0.107. The number of amides is 1. The number of nitrogens with one attached hydrogen (secondary N) is 1. The Morgan fingerprint density at radius 2 is 1.96 bits per heavy atom. The topological polar surface area (TPSA) is 123 Å². The van der Waals surface area contributed by atoms with Gasteiger partial charge in [0.1, 0.15) is 12.0 Å². The van der Waals surface area contributed by atoms with Gasteiger partial charge in [0, 0.05) is 6.20 Å². The minimum atomic E-state index is -4.31. The summed E-state index contributed by atoms with van der Waals surface area (Å²) in [6.45, 7) is 2.29. The number of hydrogen-bond donors (Lipinski definition) is 2. The van der Waals surface area contributed by atoms with Gasteiger partial charge in [-0.1, -0.05) is 25.5 Å². The monoisotopic (exact) mass is 406 g/mol. The number of aromatic nitrogens is 1. The first kappa shape index (κ1) is 21.5. The van der Waals surface area contributed by atoms with Crippen LogP contribution < -0.4 is 9.46 Å². The average molecular weight is 406 g/mol. The van der Waals surface area contributed by atoms with E-state index in [1.54, 1.807) is 12.1 Å². The quantitative estimate of drug-likeness (QED) is 0.455. The Labute approximate surface area is 163 Å². The molecule has 0 aliphatic heterocycles. The number of benzene rings is 1. The number of rotatable bonds is 10. The molecule has 0 saturated carbocycles. The zero-order chi connectivity index (χ0) is 20.6. The van der Waals surface area contributed by atoms with Crippen molar-refractivity contribution >= 4 is 22.2 Å². The summed E-state index contributed by atoms with van der Waals surface area (Å²) in [5.41, 5.74) is 0.545. The minimum absolute atomic E-state index is 0.00917. The fourth-order valence-electron chi connectivity index (χ4n) is 2.32. The molecule has 2 N–H and O–H groups in total. The number of nitrogens with zero attached hydrogens (tertiary/aromatic N) is 1. The zero-order valence-electron chi connectivity index (χ0n) is 15.4. The Balaban J connectivity index is 2.12. The molecule has 2 rings (SSSR count). The van der Waals surface area contributed by atoms with E-state index in [-0.39, 0.29) is 24.0 Å². The van der Waals surface area contributed by atoms with Crippen molar-refractivity contribution in [2.75, 3.05) is 6.61 Å². The third-order valence-electron chi connectivity index (χ3n) is 3.92. The first-order chi connectivity index (χ1) is 13.4. The van der Waals surface area contributed by atoms with E-state index < -0.39 is 21.2 Å². The van der Waals surface area contributed by atoms with E-state index in [1.165, 1.54) is 24.3 Å². The molecule has 0 aliphatic rings. The van der Waals surface area contributed by atoms with Gasteiger partial charge in [0.15, 0.2) is 5.25 Å². The van der Waals surface area contributed by atoms with Crippen molar-refractivity contribution in [3.8, 4) is 5.75 Å². The maximum absolute atomic E-state index is 12.5. The molecule has 0 saturated heterocycles. The fraction of sp³-hybridized carbons (Fsp3) is 0.316. The van der Waals surface area contributed by atoms with Crippen LogP contribution in [-0.4, -0.2) is 37.3 Å². The lowest BCUT2D eigenvalue weighted by atomic mass is 10.1. The highest BCUT2D eigenvalue weighted by atomic mass is 32.2. The number of carbonyl (C=O) groups is 2. The largest absolute Gasteiger partial charge is 0.494 e. The highest BCUT2D eigenvalue weighted by Gasteiger charge is 2.29. The van der Waals surface area contributed by atoms with Gasteiger partial charge in [-0.05, 0) is 36.2 Å². The molecule has 9 heteroatoms. The van der Waals surface area contributed by atoms with Crippen LogP contribution in [0.4, 0.5) is 0 Å². The molecule has 150 valence electrons. The van der Waals surface area contributed by atoms with Crippen LogP contribution in [0.2, 0.25) is 0 Å². The number of pyridine rings is 1. The van der Waals surface area contributed by atoms with Gasteiger partial charge in [-0.2, -0.15) is 0 Å². The maximum Gasteiger partial charge on any atom is 0.266 e. The third-order valence-corrected chi connectivity index (χ3v) is 5.44. The highest BCUT2D eigenvalue weighted by Crippen LogP contribution is 2.23. The number of aliphatic hydroxyl groups is 1. The second-order valence-electron chi connectivity index (χ2n) is 6.00. The first-order valence-corrected chi connectivity index (χ1v) is 10.3. The predicted octanol–water partition coefficient (Wildman–Crippen LogP) is 1.75. The van der Waals surface area contributed by atoms with Gasteiger partial charge in [-0.15, -0.1) is 0 Å². The molecule has 0 aliphatic carbocycles. The van der Waals surface area contributed by atoms with Gasteiger partial charge in [-0.25, -0.2) is 13.1 Å².